The van der Waals surface area contributed by atoms with Gasteiger partial charge in [-0.1, -0.05) is 28.5 Å². The van der Waals surface area contributed by atoms with Crippen LogP contribution in [0.5, 0.6) is 0 Å². The van der Waals surface area contributed by atoms with Crippen LogP contribution in [0.25, 0.3) is 0 Å². The number of likely N-dealkylation sites (N-methyl/N-ethyl adjacent to an activating group) is 2. The van der Waals surface area contributed by atoms with E-state index in [9.17, 15) is 63.0 Å². The number of ketones is 1. The molecule has 28 nitrogen and oxygen atoms in total. The molecule has 1 rings (SSSR count). The lowest BCUT2D eigenvalue weighted by molar-refractivity contribution is -0.139. The van der Waals surface area contributed by atoms with Gasteiger partial charge in [0.1, 0.15) is 24.4 Å². The number of nitrogens with zero attached hydrogens (tertiary/aromatic N) is 4. The summed E-state index contributed by atoms with van der Waals surface area (Å²) < 4.78 is 5.54. The number of amides is 7. The van der Waals surface area contributed by atoms with Gasteiger partial charge in [0.05, 0.1) is 38.4 Å². The monoisotopic (exact) mass is 1110 g/mol. The van der Waals surface area contributed by atoms with E-state index in [0.717, 1.165) is 17.7 Å². The van der Waals surface area contributed by atoms with Gasteiger partial charge in [0.2, 0.25) is 41.4 Å². The number of rotatable bonds is 36. The van der Waals surface area contributed by atoms with Gasteiger partial charge in [-0.25, -0.2) is 0 Å². The molecule has 1 fully saturated rings. The maximum atomic E-state index is 13.6. The summed E-state index contributed by atoms with van der Waals surface area (Å²) in [7, 11) is 3.69. The summed E-state index contributed by atoms with van der Waals surface area (Å²) in [5, 5.41) is 43.6. The number of thioether (sulfide) groups is 1. The fourth-order valence-corrected chi connectivity index (χ4v) is 9.98. The van der Waals surface area contributed by atoms with E-state index in [-0.39, 0.29) is 82.1 Å². The SMILES string of the molecule is CCN1CCN(CC(=O)O)CCN(CC(=O)NC(CSSCC(NC(=O)CCC(NC(=O)C(CCC(=O)NC(CSC)C(N)=O)NC(=O)C(CCC(=O)O)NC)C(C)=O)C(N)=O)OCN)CCN(CC(=O)O)CC1. The molecule has 7 amide bonds. The van der Waals surface area contributed by atoms with Gasteiger partial charge >= 0.3 is 17.9 Å². The largest absolute Gasteiger partial charge is 0.481 e. The van der Waals surface area contributed by atoms with Gasteiger partial charge in [-0.2, -0.15) is 11.8 Å². The molecular weight excluding hydrogens is 1030 g/mol. The summed E-state index contributed by atoms with van der Waals surface area (Å²) in [4.78, 5) is 145. The molecule has 1 saturated heterocycles. The molecule has 0 bridgehead atoms. The first-order valence-corrected chi connectivity index (χ1v) is 27.7. The first-order chi connectivity index (χ1) is 35.0. The normalized spacial score (nSPS) is 16.8. The van der Waals surface area contributed by atoms with Crippen LogP contribution >= 0.6 is 33.3 Å². The first-order valence-electron chi connectivity index (χ1n) is 23.9. The van der Waals surface area contributed by atoms with Gasteiger partial charge < -0.3 is 74.1 Å². The molecule has 6 unspecified atom stereocenters. The van der Waals surface area contributed by atoms with Crippen LogP contribution in [0.15, 0.2) is 0 Å². The minimum Gasteiger partial charge on any atom is -0.481 e. The van der Waals surface area contributed by atoms with Crippen LogP contribution in [0.1, 0.15) is 52.4 Å². The van der Waals surface area contributed by atoms with Crippen molar-refractivity contribution in [3.8, 4) is 0 Å². The topological polar surface area (TPSA) is 421 Å². The van der Waals surface area contributed by atoms with Crippen molar-refractivity contribution in [2.24, 2.45) is 17.2 Å². The fourth-order valence-electron chi connectivity index (χ4n) is 7.16. The number of nitrogens with one attached hydrogen (secondary N) is 6. The van der Waals surface area contributed by atoms with Crippen molar-refractivity contribution in [1.82, 2.24) is 51.5 Å². The zero-order valence-corrected chi connectivity index (χ0v) is 45.0. The second-order valence-electron chi connectivity index (χ2n) is 17.1. The van der Waals surface area contributed by atoms with Gasteiger partial charge in [0.15, 0.2) is 5.78 Å². The van der Waals surface area contributed by atoms with E-state index >= 15 is 0 Å². The van der Waals surface area contributed by atoms with E-state index in [1.807, 2.05) is 6.92 Å². The molecule has 0 saturated carbocycles. The number of nitrogens with two attached hydrogens (primary N) is 3. The van der Waals surface area contributed by atoms with Crippen LogP contribution in [0, 0.1) is 0 Å². The molecule has 31 heteroatoms. The maximum Gasteiger partial charge on any atom is 0.317 e. The summed E-state index contributed by atoms with van der Waals surface area (Å²) in [5.74, 6) is -8.63. The number of Topliss-reactive ketones (excluding diaryl/α,β-unsaturated/α-hetero) is 1. The van der Waals surface area contributed by atoms with Crippen LogP contribution in [0.2, 0.25) is 0 Å². The highest BCUT2D eigenvalue weighted by Gasteiger charge is 2.30. The molecule has 0 aliphatic carbocycles. The Morgan fingerprint density at radius 3 is 1.41 bits per heavy atom. The Labute approximate surface area is 442 Å². The molecule has 422 valence electrons. The molecule has 74 heavy (non-hydrogen) atoms. The molecule has 1 aliphatic rings. The molecule has 0 spiro atoms. The van der Waals surface area contributed by atoms with E-state index < -0.39 is 101 Å². The molecule has 1 aliphatic heterocycles. The fraction of sp³-hybridized carbons (Fsp3) is 0.744. The van der Waals surface area contributed by atoms with Crippen molar-refractivity contribution in [3.05, 3.63) is 0 Å². The highest BCUT2D eigenvalue weighted by molar-refractivity contribution is 8.76. The van der Waals surface area contributed by atoms with Crippen molar-refractivity contribution in [2.75, 3.05) is 116 Å². The van der Waals surface area contributed by atoms with Crippen molar-refractivity contribution < 1.29 is 72.8 Å². The molecule has 0 radical (unpaired) electrons. The van der Waals surface area contributed by atoms with Crippen LogP contribution in [0.3, 0.4) is 0 Å². The number of carbonyl (C=O) groups excluding carboxylic acids is 8. The molecule has 15 N–H and O–H groups in total. The first kappa shape index (κ1) is 67.2. The Balaban J connectivity index is 2.96. The van der Waals surface area contributed by atoms with E-state index in [2.05, 4.69) is 36.8 Å². The quantitative estimate of drug-likeness (QED) is 0.0159. The van der Waals surface area contributed by atoms with Crippen LogP contribution in [-0.2, 0) is 57.5 Å². The molecule has 0 aromatic heterocycles. The third-order valence-electron chi connectivity index (χ3n) is 11.4. The lowest BCUT2D eigenvalue weighted by Gasteiger charge is -2.33. The Kier molecular flexibility index (Phi) is 34.3. The number of aliphatic carboxylic acids is 3. The van der Waals surface area contributed by atoms with Gasteiger partial charge in [-0.15, -0.1) is 0 Å². The summed E-state index contributed by atoms with van der Waals surface area (Å²) in [5.41, 5.74) is 16.6. The predicted octanol–water partition coefficient (Wildman–Crippen LogP) is -4.97. The van der Waals surface area contributed by atoms with Crippen molar-refractivity contribution >= 4 is 98.4 Å². The number of ether oxygens (including phenoxy) is 1. The Morgan fingerprint density at radius 1 is 0.541 bits per heavy atom. The lowest BCUT2D eigenvalue weighted by Crippen LogP contribution is -2.55. The minimum atomic E-state index is -1.44. The van der Waals surface area contributed by atoms with Crippen LogP contribution in [-0.4, -0.2) is 252 Å². The second-order valence-corrected chi connectivity index (χ2v) is 20.6. The molecule has 1 heterocycles. The summed E-state index contributed by atoms with van der Waals surface area (Å²) in [6.45, 7) is 6.41. The van der Waals surface area contributed by atoms with Gasteiger partial charge in [0, 0.05) is 88.9 Å². The number of carboxylic acid groups (broad SMARTS) is 3. The average molecular weight is 1110 g/mol. The second kappa shape index (κ2) is 37.8. The number of hydrogen-bond acceptors (Lipinski definition) is 21. The van der Waals surface area contributed by atoms with Gasteiger partial charge in [-0.05, 0) is 46.0 Å². The highest BCUT2D eigenvalue weighted by Crippen LogP contribution is 2.23. The Morgan fingerprint density at radius 2 is 0.973 bits per heavy atom. The Hall–Kier alpha value is -4.86. The lowest BCUT2D eigenvalue weighted by atomic mass is 10.0. The van der Waals surface area contributed by atoms with Crippen molar-refractivity contribution in [1.29, 1.82) is 0 Å². The highest BCUT2D eigenvalue weighted by atomic mass is 33.1. The zero-order valence-electron chi connectivity index (χ0n) is 42.5. The zero-order chi connectivity index (χ0) is 55.8. The molecule has 0 aromatic carbocycles. The molecular formula is C43H77N13O15S3. The van der Waals surface area contributed by atoms with Gasteiger partial charge in [0.25, 0.3) is 0 Å². The Bertz CT molecular complexity index is 1830. The van der Waals surface area contributed by atoms with E-state index in [4.69, 9.17) is 27.0 Å². The summed E-state index contributed by atoms with van der Waals surface area (Å²) in [6.07, 6.45) is -1.07. The number of carbonyl (C=O) groups is 11. The van der Waals surface area contributed by atoms with E-state index in [0.29, 0.717) is 58.9 Å². The van der Waals surface area contributed by atoms with E-state index in [1.54, 1.807) is 21.0 Å². The third-order valence-corrected chi connectivity index (χ3v) is 14.4. The van der Waals surface area contributed by atoms with Crippen molar-refractivity contribution in [3.63, 3.8) is 0 Å². The minimum absolute atomic E-state index is 0.0438. The van der Waals surface area contributed by atoms with Crippen LogP contribution in [0.4, 0.5) is 0 Å². The maximum absolute atomic E-state index is 13.6. The van der Waals surface area contributed by atoms with Crippen LogP contribution < -0.4 is 49.1 Å². The van der Waals surface area contributed by atoms with Gasteiger partial charge in [-0.3, -0.25) is 67.4 Å². The summed E-state index contributed by atoms with van der Waals surface area (Å²) in [6, 6.07) is -5.98. The number of hydrogen-bond donors (Lipinski definition) is 12. The molecule has 0 aromatic rings. The smallest absolute Gasteiger partial charge is 0.317 e. The van der Waals surface area contributed by atoms with Crippen molar-refractivity contribution in [2.45, 2.75) is 88.8 Å². The predicted molar refractivity (Wildman–Crippen MR) is 277 cm³/mol. The van der Waals surface area contributed by atoms with E-state index in [1.165, 1.54) is 29.6 Å². The summed E-state index contributed by atoms with van der Waals surface area (Å²) >= 11 is 1.25. The average Bonchev–Trinajstić information content (AvgIpc) is 3.31. The standard InChI is InChI=1S/C43H77N13O15S3/c1-5-53-12-14-55(21-38(63)64)18-16-54(17-19-56(15-13-53)22-39(65)66)20-35(60)52-36(71-26-44)25-74-73-24-32(41(46)68)49-33(58)9-6-28(27(2)57)50-43(70)30(51-42(69)29(47-3)8-11-37(61)62)7-10-34(59)48-31(23-72-4)40(45)67/h28-32,36,47H,5-26,44H2,1-4H3,(H2,45,67)(H2,46,68)(H,48,59)(H,49,58)(H,50,70)(H,51,69)(H,52,60)(H,61,62)(H,63,64)(H,65,66). The number of carboxylic acids is 3. The molecule has 6 atom stereocenters. The number of primary amides is 2. The third kappa shape index (κ3) is 29.9.